The van der Waals surface area contributed by atoms with Crippen molar-refractivity contribution in [1.29, 1.82) is 0 Å². The van der Waals surface area contributed by atoms with Gasteiger partial charge in [0.2, 0.25) is 0 Å². The van der Waals surface area contributed by atoms with Gasteiger partial charge in [-0.2, -0.15) is 0 Å². The Labute approximate surface area is 91.1 Å². The number of amides is 2. The smallest absolute Gasteiger partial charge is 0.319 e. The summed E-state index contributed by atoms with van der Waals surface area (Å²) in [6.45, 7) is 0. The fourth-order valence-electron chi connectivity index (χ4n) is 1.43. The van der Waals surface area contributed by atoms with Crippen molar-refractivity contribution in [3.05, 3.63) is 24.0 Å². The van der Waals surface area contributed by atoms with Crippen LogP contribution in [0.4, 0.5) is 10.5 Å². The van der Waals surface area contributed by atoms with Gasteiger partial charge in [0.25, 0.3) is 0 Å². The molecule has 82 valence electrons. The molecule has 0 aliphatic carbocycles. The van der Waals surface area contributed by atoms with E-state index in [0.29, 0.717) is 28.6 Å². The maximum Gasteiger partial charge on any atom is 0.319 e. The maximum atomic E-state index is 11.2. The van der Waals surface area contributed by atoms with E-state index in [2.05, 4.69) is 20.6 Å². The predicted octanol–water partition coefficient (Wildman–Crippen LogP) is 1.13. The molecule has 0 bridgehead atoms. The highest BCUT2D eigenvalue weighted by molar-refractivity contribution is 6.05. The van der Waals surface area contributed by atoms with Crippen LogP contribution >= 0.6 is 0 Å². The Balaban J connectivity index is 2.57. The van der Waals surface area contributed by atoms with Crippen LogP contribution in [0, 0.1) is 0 Å². The molecule has 2 amide bonds. The van der Waals surface area contributed by atoms with Crippen LogP contribution in [0.25, 0.3) is 11.0 Å². The number of hydrogen-bond acceptors (Lipinski definition) is 3. The number of H-pyrrole nitrogens is 1. The zero-order valence-electron chi connectivity index (χ0n) is 8.57. The standard InChI is InChI=1S/C10H10N4O2/c1-11-10(16)14-8-6(5-15)4-13-9-7(8)2-3-12-9/h2-5H,1H3,(H3,11,12,13,14,16). The summed E-state index contributed by atoms with van der Waals surface area (Å²) in [6, 6.07) is 1.37. The van der Waals surface area contributed by atoms with Crippen molar-refractivity contribution < 1.29 is 9.59 Å². The zero-order valence-corrected chi connectivity index (χ0v) is 8.57. The molecule has 2 heterocycles. The largest absolute Gasteiger partial charge is 0.346 e. The van der Waals surface area contributed by atoms with Crippen molar-refractivity contribution in [1.82, 2.24) is 15.3 Å². The lowest BCUT2D eigenvalue weighted by molar-refractivity contribution is 0.112. The molecule has 0 spiro atoms. The molecule has 16 heavy (non-hydrogen) atoms. The van der Waals surface area contributed by atoms with Gasteiger partial charge in [0, 0.05) is 24.8 Å². The predicted molar refractivity (Wildman–Crippen MR) is 59.6 cm³/mol. The molecule has 0 saturated heterocycles. The molecule has 0 unspecified atom stereocenters. The number of urea groups is 1. The number of carbonyl (C=O) groups excluding carboxylic acids is 2. The fraction of sp³-hybridized carbons (Fsp3) is 0.100. The number of carbonyl (C=O) groups is 2. The van der Waals surface area contributed by atoms with E-state index >= 15 is 0 Å². The molecule has 2 aromatic heterocycles. The zero-order chi connectivity index (χ0) is 11.5. The van der Waals surface area contributed by atoms with Crippen LogP contribution in [-0.4, -0.2) is 29.3 Å². The van der Waals surface area contributed by atoms with Gasteiger partial charge in [0.1, 0.15) is 5.65 Å². The minimum atomic E-state index is -0.378. The van der Waals surface area contributed by atoms with Gasteiger partial charge >= 0.3 is 6.03 Å². The lowest BCUT2D eigenvalue weighted by Gasteiger charge is -2.07. The summed E-state index contributed by atoms with van der Waals surface area (Å²) in [5, 5.41) is 5.73. The van der Waals surface area contributed by atoms with Gasteiger partial charge in [-0.15, -0.1) is 0 Å². The summed E-state index contributed by atoms with van der Waals surface area (Å²) in [5.41, 5.74) is 1.42. The molecule has 0 aliphatic rings. The number of aldehydes is 1. The number of rotatable bonds is 2. The number of nitrogens with zero attached hydrogens (tertiary/aromatic N) is 1. The fourth-order valence-corrected chi connectivity index (χ4v) is 1.43. The minimum Gasteiger partial charge on any atom is -0.346 e. The SMILES string of the molecule is CNC(=O)Nc1c(C=O)cnc2[nH]ccc12. The molecular weight excluding hydrogens is 208 g/mol. The summed E-state index contributed by atoms with van der Waals surface area (Å²) in [7, 11) is 1.51. The summed E-state index contributed by atoms with van der Waals surface area (Å²) in [6.07, 6.45) is 3.77. The number of nitrogens with one attached hydrogen (secondary N) is 3. The molecule has 0 fully saturated rings. The third-order valence-corrected chi connectivity index (χ3v) is 2.21. The van der Waals surface area contributed by atoms with Crippen LogP contribution < -0.4 is 10.6 Å². The summed E-state index contributed by atoms with van der Waals surface area (Å²) >= 11 is 0. The van der Waals surface area contributed by atoms with E-state index in [1.54, 1.807) is 12.3 Å². The van der Waals surface area contributed by atoms with E-state index in [4.69, 9.17) is 0 Å². The molecule has 0 radical (unpaired) electrons. The van der Waals surface area contributed by atoms with Crippen LogP contribution in [0.3, 0.4) is 0 Å². The van der Waals surface area contributed by atoms with E-state index in [9.17, 15) is 9.59 Å². The average molecular weight is 218 g/mol. The molecule has 6 heteroatoms. The number of aromatic amines is 1. The van der Waals surface area contributed by atoms with Crippen molar-refractivity contribution >= 4 is 29.0 Å². The van der Waals surface area contributed by atoms with Crippen LogP contribution in [0.2, 0.25) is 0 Å². The number of aromatic nitrogens is 2. The molecule has 6 nitrogen and oxygen atoms in total. The van der Waals surface area contributed by atoms with Crippen molar-refractivity contribution in [3.63, 3.8) is 0 Å². The highest BCUT2D eigenvalue weighted by Crippen LogP contribution is 2.23. The Hall–Kier alpha value is -2.37. The first-order chi connectivity index (χ1) is 7.76. The van der Waals surface area contributed by atoms with Crippen molar-refractivity contribution in [3.8, 4) is 0 Å². The van der Waals surface area contributed by atoms with E-state index < -0.39 is 0 Å². The number of fused-ring (bicyclic) bond motifs is 1. The molecular formula is C10H10N4O2. The van der Waals surface area contributed by atoms with Crippen LogP contribution in [0.5, 0.6) is 0 Å². The number of pyridine rings is 1. The van der Waals surface area contributed by atoms with Gasteiger partial charge in [-0.3, -0.25) is 4.79 Å². The first-order valence-electron chi connectivity index (χ1n) is 4.66. The molecule has 0 aromatic carbocycles. The molecule has 0 saturated carbocycles. The van der Waals surface area contributed by atoms with E-state index in [-0.39, 0.29) is 6.03 Å². The van der Waals surface area contributed by atoms with Crippen LogP contribution in [0.15, 0.2) is 18.5 Å². The molecule has 3 N–H and O–H groups in total. The van der Waals surface area contributed by atoms with Crippen LogP contribution in [0.1, 0.15) is 10.4 Å². The Morgan fingerprint density at radius 1 is 1.56 bits per heavy atom. The van der Waals surface area contributed by atoms with E-state index in [1.807, 2.05) is 0 Å². The van der Waals surface area contributed by atoms with Gasteiger partial charge < -0.3 is 15.6 Å². The Kier molecular flexibility index (Phi) is 2.55. The third-order valence-electron chi connectivity index (χ3n) is 2.21. The van der Waals surface area contributed by atoms with Crippen molar-refractivity contribution in [2.45, 2.75) is 0 Å². The first-order valence-corrected chi connectivity index (χ1v) is 4.66. The van der Waals surface area contributed by atoms with Gasteiger partial charge in [0.15, 0.2) is 6.29 Å². The molecule has 0 atom stereocenters. The Bertz CT molecular complexity index is 547. The summed E-state index contributed by atoms with van der Waals surface area (Å²) < 4.78 is 0. The normalized spacial score (nSPS) is 10.1. The van der Waals surface area contributed by atoms with Crippen molar-refractivity contribution in [2.24, 2.45) is 0 Å². The minimum absolute atomic E-state index is 0.343. The quantitative estimate of drug-likeness (QED) is 0.660. The third kappa shape index (κ3) is 1.60. The lowest BCUT2D eigenvalue weighted by atomic mass is 10.2. The second-order valence-electron chi connectivity index (χ2n) is 3.15. The van der Waals surface area contributed by atoms with E-state index in [1.165, 1.54) is 13.2 Å². The van der Waals surface area contributed by atoms with Gasteiger partial charge in [-0.25, -0.2) is 9.78 Å². The lowest BCUT2D eigenvalue weighted by Crippen LogP contribution is -2.25. The molecule has 2 rings (SSSR count). The summed E-state index contributed by atoms with van der Waals surface area (Å²) in [4.78, 5) is 29.0. The second kappa shape index (κ2) is 4.01. The maximum absolute atomic E-state index is 11.2. The van der Waals surface area contributed by atoms with E-state index in [0.717, 1.165) is 0 Å². The highest BCUT2D eigenvalue weighted by atomic mass is 16.2. The first kappa shape index (κ1) is 10.2. The highest BCUT2D eigenvalue weighted by Gasteiger charge is 2.11. The second-order valence-corrected chi connectivity index (χ2v) is 3.15. The number of anilines is 1. The Morgan fingerprint density at radius 2 is 2.38 bits per heavy atom. The van der Waals surface area contributed by atoms with Gasteiger partial charge in [-0.1, -0.05) is 0 Å². The number of hydrogen-bond donors (Lipinski definition) is 3. The molecule has 0 aliphatic heterocycles. The topological polar surface area (TPSA) is 86.9 Å². The average Bonchev–Trinajstić information content (AvgIpc) is 2.77. The summed E-state index contributed by atoms with van der Waals surface area (Å²) in [5.74, 6) is 0. The Morgan fingerprint density at radius 3 is 3.06 bits per heavy atom. The van der Waals surface area contributed by atoms with Gasteiger partial charge in [0.05, 0.1) is 11.3 Å². The van der Waals surface area contributed by atoms with Crippen molar-refractivity contribution in [2.75, 3.05) is 12.4 Å². The monoisotopic (exact) mass is 218 g/mol. The van der Waals surface area contributed by atoms with Crippen LogP contribution in [-0.2, 0) is 0 Å². The van der Waals surface area contributed by atoms with Gasteiger partial charge in [-0.05, 0) is 6.07 Å². The molecule has 2 aromatic rings.